The van der Waals surface area contributed by atoms with Gasteiger partial charge in [-0.25, -0.2) is 9.37 Å². The second-order valence-corrected chi connectivity index (χ2v) is 5.10. The molecule has 5 heteroatoms. The lowest BCUT2D eigenvalue weighted by Gasteiger charge is -1.90. The van der Waals surface area contributed by atoms with Crippen LogP contribution in [0, 0.1) is 12.7 Å². The maximum atomic E-state index is 13.0. The predicted octanol–water partition coefficient (Wildman–Crippen LogP) is 3.57. The lowest BCUT2D eigenvalue weighted by atomic mass is 10.2. The molecule has 0 saturated heterocycles. The number of hydrogen-bond donors (Lipinski definition) is 0. The summed E-state index contributed by atoms with van der Waals surface area (Å²) in [6.45, 7) is 1.83. The number of benzene rings is 1. The molecule has 1 aromatic carbocycles. The van der Waals surface area contributed by atoms with Gasteiger partial charge in [0.15, 0.2) is 5.76 Å². The number of fused-ring (bicyclic) bond motifs is 1. The van der Waals surface area contributed by atoms with Crippen LogP contribution < -0.4 is 0 Å². The second kappa shape index (κ2) is 4.03. The van der Waals surface area contributed by atoms with Gasteiger partial charge in [0.2, 0.25) is 5.78 Å². The Kier molecular flexibility index (Phi) is 2.48. The van der Waals surface area contributed by atoms with E-state index in [1.807, 2.05) is 6.92 Å². The Morgan fingerprint density at radius 1 is 1.39 bits per heavy atom. The molecule has 18 heavy (non-hydrogen) atoms. The van der Waals surface area contributed by atoms with Gasteiger partial charge < -0.3 is 4.42 Å². The Hall–Kier alpha value is -2.01. The summed E-state index contributed by atoms with van der Waals surface area (Å²) >= 11 is 1.31. The molecule has 0 saturated carbocycles. The average Bonchev–Trinajstić information content (AvgIpc) is 2.93. The monoisotopic (exact) mass is 261 g/mol. The summed E-state index contributed by atoms with van der Waals surface area (Å²) in [5.41, 5.74) is 0.501. The zero-order valence-electron chi connectivity index (χ0n) is 9.44. The van der Waals surface area contributed by atoms with Crippen LogP contribution in [0.1, 0.15) is 20.4 Å². The highest BCUT2D eigenvalue weighted by Gasteiger charge is 2.17. The van der Waals surface area contributed by atoms with Crippen molar-refractivity contribution in [2.45, 2.75) is 6.92 Å². The van der Waals surface area contributed by atoms with Gasteiger partial charge in [0.05, 0.1) is 9.88 Å². The summed E-state index contributed by atoms with van der Waals surface area (Å²) < 4.78 is 18.4. The van der Waals surface area contributed by atoms with Crippen molar-refractivity contribution in [1.82, 2.24) is 4.98 Å². The Balaban J connectivity index is 2.06. The SMILES string of the molecule is Cc1ncc(C(=O)c2cc3cc(F)ccc3o2)s1. The fourth-order valence-corrected chi connectivity index (χ4v) is 2.44. The molecule has 0 unspecified atom stereocenters. The molecule has 3 rings (SSSR count). The number of nitrogens with zero attached hydrogens (tertiary/aromatic N) is 1. The molecule has 0 N–H and O–H groups in total. The van der Waals surface area contributed by atoms with E-state index in [9.17, 15) is 9.18 Å². The van der Waals surface area contributed by atoms with Crippen molar-refractivity contribution in [2.24, 2.45) is 0 Å². The van der Waals surface area contributed by atoms with Crippen LogP contribution in [0.5, 0.6) is 0 Å². The number of furan rings is 1. The van der Waals surface area contributed by atoms with Crippen molar-refractivity contribution < 1.29 is 13.6 Å². The molecule has 0 radical (unpaired) electrons. The van der Waals surface area contributed by atoms with Gasteiger partial charge in [-0.2, -0.15) is 0 Å². The first kappa shape index (κ1) is 11.1. The molecule has 2 aromatic heterocycles. The second-order valence-electron chi connectivity index (χ2n) is 3.87. The Morgan fingerprint density at radius 3 is 2.94 bits per heavy atom. The predicted molar refractivity (Wildman–Crippen MR) is 66.5 cm³/mol. The molecule has 3 aromatic rings. The van der Waals surface area contributed by atoms with Crippen molar-refractivity contribution in [3.05, 3.63) is 51.9 Å². The van der Waals surface area contributed by atoms with Gasteiger partial charge in [-0.1, -0.05) is 0 Å². The summed E-state index contributed by atoms with van der Waals surface area (Å²) in [5, 5.41) is 1.40. The molecule has 2 heterocycles. The molecular weight excluding hydrogens is 253 g/mol. The van der Waals surface area contributed by atoms with Crippen LogP contribution in [0.2, 0.25) is 0 Å². The number of halogens is 1. The van der Waals surface area contributed by atoms with Gasteiger partial charge in [-0.05, 0) is 31.2 Å². The minimum Gasteiger partial charge on any atom is -0.453 e. The summed E-state index contributed by atoms with van der Waals surface area (Å²) in [4.78, 5) is 16.6. The number of hydrogen-bond acceptors (Lipinski definition) is 4. The van der Waals surface area contributed by atoms with Crippen LogP contribution in [0.3, 0.4) is 0 Å². The van der Waals surface area contributed by atoms with Crippen molar-refractivity contribution >= 4 is 28.1 Å². The van der Waals surface area contributed by atoms with Crippen LogP contribution in [0.15, 0.2) is 34.9 Å². The summed E-state index contributed by atoms with van der Waals surface area (Å²) in [7, 11) is 0. The van der Waals surface area contributed by atoms with E-state index in [2.05, 4.69) is 4.98 Å². The highest BCUT2D eigenvalue weighted by Crippen LogP contribution is 2.24. The first-order chi connectivity index (χ1) is 8.63. The summed E-state index contributed by atoms with van der Waals surface area (Å²) in [6, 6.07) is 5.71. The van der Waals surface area contributed by atoms with E-state index in [0.717, 1.165) is 5.01 Å². The third-order valence-electron chi connectivity index (χ3n) is 2.55. The van der Waals surface area contributed by atoms with E-state index in [0.29, 0.717) is 15.8 Å². The Bertz CT molecular complexity index is 744. The largest absolute Gasteiger partial charge is 0.453 e. The fourth-order valence-electron chi connectivity index (χ4n) is 1.71. The van der Waals surface area contributed by atoms with Crippen molar-refractivity contribution in [3.63, 3.8) is 0 Å². The maximum absolute atomic E-state index is 13.0. The average molecular weight is 261 g/mol. The number of aromatic nitrogens is 1. The van der Waals surface area contributed by atoms with E-state index >= 15 is 0 Å². The smallest absolute Gasteiger partial charge is 0.239 e. The first-order valence-corrected chi connectivity index (χ1v) is 6.11. The highest BCUT2D eigenvalue weighted by molar-refractivity contribution is 7.13. The molecule has 3 nitrogen and oxygen atoms in total. The van der Waals surface area contributed by atoms with Gasteiger partial charge in [0.25, 0.3) is 0 Å². The molecule has 0 amide bonds. The molecule has 0 aliphatic heterocycles. The zero-order valence-corrected chi connectivity index (χ0v) is 10.3. The first-order valence-electron chi connectivity index (χ1n) is 5.30. The quantitative estimate of drug-likeness (QED) is 0.662. The fraction of sp³-hybridized carbons (Fsp3) is 0.0769. The van der Waals surface area contributed by atoms with Crippen LogP contribution in [0.4, 0.5) is 4.39 Å². The van der Waals surface area contributed by atoms with E-state index in [1.165, 1.54) is 35.7 Å². The highest BCUT2D eigenvalue weighted by atomic mass is 32.1. The number of ketones is 1. The lowest BCUT2D eigenvalue weighted by molar-refractivity contribution is 0.101. The normalized spacial score (nSPS) is 11.0. The van der Waals surface area contributed by atoms with Crippen molar-refractivity contribution in [1.29, 1.82) is 0 Å². The molecule has 90 valence electrons. The maximum Gasteiger partial charge on any atom is 0.239 e. The number of rotatable bonds is 2. The zero-order chi connectivity index (χ0) is 12.7. The minimum atomic E-state index is -0.351. The van der Waals surface area contributed by atoms with E-state index < -0.39 is 0 Å². The van der Waals surface area contributed by atoms with Crippen LogP contribution >= 0.6 is 11.3 Å². The molecule has 0 spiro atoms. The standard InChI is InChI=1S/C13H8FNO2S/c1-7-15-6-12(18-7)13(16)11-5-8-4-9(14)2-3-10(8)17-11/h2-6H,1H3. The number of thiazole rings is 1. The third-order valence-corrected chi connectivity index (χ3v) is 3.46. The molecule has 0 aliphatic carbocycles. The van der Waals surface area contributed by atoms with E-state index in [-0.39, 0.29) is 17.4 Å². The van der Waals surface area contributed by atoms with Gasteiger partial charge in [-0.3, -0.25) is 4.79 Å². The number of carbonyl (C=O) groups is 1. The van der Waals surface area contributed by atoms with Gasteiger partial charge in [0.1, 0.15) is 11.4 Å². The minimum absolute atomic E-state index is 0.208. The molecule has 0 atom stereocenters. The summed E-state index contributed by atoms with van der Waals surface area (Å²) in [5.74, 6) is -0.368. The van der Waals surface area contributed by atoms with E-state index in [1.54, 1.807) is 6.07 Å². The number of aryl methyl sites for hydroxylation is 1. The molecular formula is C13H8FNO2S. The van der Waals surface area contributed by atoms with Gasteiger partial charge >= 0.3 is 0 Å². The van der Waals surface area contributed by atoms with Crippen LogP contribution in [-0.4, -0.2) is 10.8 Å². The van der Waals surface area contributed by atoms with E-state index in [4.69, 9.17) is 4.42 Å². The molecule has 0 aliphatic rings. The molecule has 0 fully saturated rings. The Morgan fingerprint density at radius 2 is 2.22 bits per heavy atom. The third kappa shape index (κ3) is 1.82. The van der Waals surface area contributed by atoms with Crippen LogP contribution in [0.25, 0.3) is 11.0 Å². The summed E-state index contributed by atoms with van der Waals surface area (Å²) in [6.07, 6.45) is 1.52. The molecule has 0 bridgehead atoms. The topological polar surface area (TPSA) is 43.1 Å². The van der Waals surface area contributed by atoms with Crippen molar-refractivity contribution in [3.8, 4) is 0 Å². The van der Waals surface area contributed by atoms with Crippen LogP contribution in [-0.2, 0) is 0 Å². The number of carbonyl (C=O) groups excluding carboxylic acids is 1. The van der Waals surface area contributed by atoms with Crippen molar-refractivity contribution in [2.75, 3.05) is 0 Å². The van der Waals surface area contributed by atoms with Gasteiger partial charge in [-0.15, -0.1) is 11.3 Å². The Labute approximate surface area is 106 Å². The van der Waals surface area contributed by atoms with Gasteiger partial charge in [0, 0.05) is 11.6 Å². The lowest BCUT2D eigenvalue weighted by Crippen LogP contribution is -1.95.